The summed E-state index contributed by atoms with van der Waals surface area (Å²) in [4.78, 5) is -2.15. The first-order valence-corrected chi connectivity index (χ1v) is 12.2. The van der Waals surface area contributed by atoms with Crippen LogP contribution in [0.2, 0.25) is 0 Å². The molecule has 4 unspecified atom stereocenters. The van der Waals surface area contributed by atoms with Crippen LogP contribution in [0.1, 0.15) is 45.0 Å². The smallest absolute Gasteiger partial charge is 0.240 e. The van der Waals surface area contributed by atoms with E-state index in [1.165, 1.54) is 12.1 Å². The molecule has 0 aliphatic heterocycles. The third-order valence-electron chi connectivity index (χ3n) is 5.96. The fourth-order valence-corrected chi connectivity index (χ4v) is 6.45. The lowest BCUT2D eigenvalue weighted by atomic mass is 9.65. The fourth-order valence-electron chi connectivity index (χ4n) is 4.39. The summed E-state index contributed by atoms with van der Waals surface area (Å²) in [5.41, 5.74) is -3.63. The van der Waals surface area contributed by atoms with Gasteiger partial charge in [-0.3, -0.25) is 0 Å². The van der Waals surface area contributed by atoms with E-state index in [1.807, 2.05) is 0 Å². The lowest BCUT2D eigenvalue weighted by Crippen LogP contribution is -2.59. The molecule has 4 atom stereocenters. The van der Waals surface area contributed by atoms with Crippen LogP contribution in [0.25, 0.3) is 5.69 Å². The molecule has 12 heteroatoms. The van der Waals surface area contributed by atoms with Crippen LogP contribution >= 0.6 is 23.2 Å². The van der Waals surface area contributed by atoms with Gasteiger partial charge in [0.05, 0.1) is 21.7 Å². The molecule has 1 aromatic carbocycles. The van der Waals surface area contributed by atoms with Gasteiger partial charge in [-0.1, -0.05) is 20.8 Å². The molecule has 2 N–H and O–H groups in total. The van der Waals surface area contributed by atoms with E-state index in [0.717, 1.165) is 22.9 Å². The molecular weight excluding hydrogens is 493 g/mol. The SMILES string of the molecule is CC1CC(Cl)C(F)(C(C)C)C(Cl)(c2cc(C(F)(F)F)nn2-c2ccc(S(N)(=O)=O)cc2)C1. The first-order valence-electron chi connectivity index (χ1n) is 9.84. The monoisotopic (exact) mass is 515 g/mol. The highest BCUT2D eigenvalue weighted by molar-refractivity contribution is 7.89. The van der Waals surface area contributed by atoms with Gasteiger partial charge in [-0.15, -0.1) is 23.2 Å². The number of rotatable bonds is 4. The number of nitrogens with two attached hydrogens (primary N) is 1. The second-order valence-electron chi connectivity index (χ2n) is 8.60. The van der Waals surface area contributed by atoms with Crippen molar-refractivity contribution in [2.24, 2.45) is 17.0 Å². The van der Waals surface area contributed by atoms with Gasteiger partial charge >= 0.3 is 6.18 Å². The Labute approximate surface area is 193 Å². The third kappa shape index (κ3) is 4.15. The van der Waals surface area contributed by atoms with E-state index >= 15 is 4.39 Å². The zero-order valence-electron chi connectivity index (χ0n) is 17.5. The van der Waals surface area contributed by atoms with Crippen molar-refractivity contribution in [1.29, 1.82) is 0 Å². The summed E-state index contributed by atoms with van der Waals surface area (Å²) in [5.74, 6) is -0.877. The van der Waals surface area contributed by atoms with Crippen LogP contribution in [0.5, 0.6) is 0 Å². The van der Waals surface area contributed by atoms with Crippen LogP contribution in [-0.4, -0.2) is 29.2 Å². The maximum Gasteiger partial charge on any atom is 0.435 e. The number of nitrogens with zero attached hydrogens (tertiary/aromatic N) is 2. The first-order chi connectivity index (χ1) is 14.5. The van der Waals surface area contributed by atoms with Crippen molar-refractivity contribution in [3.05, 3.63) is 41.7 Å². The Hall–Kier alpha value is -1.36. The van der Waals surface area contributed by atoms with E-state index < -0.39 is 43.7 Å². The second-order valence-corrected chi connectivity index (χ2v) is 11.3. The normalized spacial score (nSPS) is 29.5. The van der Waals surface area contributed by atoms with E-state index in [0.29, 0.717) is 6.42 Å². The molecule has 0 bridgehead atoms. The van der Waals surface area contributed by atoms with E-state index in [4.69, 9.17) is 28.3 Å². The number of hydrogen-bond acceptors (Lipinski definition) is 3. The predicted molar refractivity (Wildman–Crippen MR) is 114 cm³/mol. The summed E-state index contributed by atoms with van der Waals surface area (Å²) in [6.07, 6.45) is -4.47. The van der Waals surface area contributed by atoms with Gasteiger partial charge in [-0.2, -0.15) is 18.3 Å². The van der Waals surface area contributed by atoms with Crippen LogP contribution in [0, 0.1) is 11.8 Å². The van der Waals surface area contributed by atoms with E-state index in [9.17, 15) is 21.6 Å². The van der Waals surface area contributed by atoms with Crippen molar-refractivity contribution in [3.63, 3.8) is 0 Å². The molecule has 1 fully saturated rings. The molecule has 3 rings (SSSR count). The van der Waals surface area contributed by atoms with E-state index in [1.54, 1.807) is 20.8 Å². The van der Waals surface area contributed by atoms with Gasteiger partial charge < -0.3 is 0 Å². The summed E-state index contributed by atoms with van der Waals surface area (Å²) in [6, 6.07) is 5.46. The minimum absolute atomic E-state index is 0.0324. The van der Waals surface area contributed by atoms with Crippen molar-refractivity contribution in [1.82, 2.24) is 9.78 Å². The van der Waals surface area contributed by atoms with Crippen molar-refractivity contribution in [2.75, 3.05) is 0 Å². The van der Waals surface area contributed by atoms with Gasteiger partial charge in [0.15, 0.2) is 11.4 Å². The molecule has 2 aromatic rings. The number of alkyl halides is 6. The molecule has 178 valence electrons. The summed E-state index contributed by atoms with van der Waals surface area (Å²) in [6.45, 7) is 4.96. The summed E-state index contributed by atoms with van der Waals surface area (Å²) >= 11 is 13.3. The number of benzene rings is 1. The highest BCUT2D eigenvalue weighted by Gasteiger charge is 2.63. The molecule has 0 amide bonds. The maximum atomic E-state index is 16.5. The Balaban J connectivity index is 2.28. The number of sulfonamides is 1. The Morgan fingerprint density at radius 2 is 1.81 bits per heavy atom. The number of halogens is 6. The fraction of sp³-hybridized carbons (Fsp3) is 0.550. The second kappa shape index (κ2) is 8.14. The lowest BCUT2D eigenvalue weighted by molar-refractivity contribution is -0.141. The van der Waals surface area contributed by atoms with Crippen LogP contribution < -0.4 is 5.14 Å². The zero-order valence-corrected chi connectivity index (χ0v) is 19.8. The molecule has 1 heterocycles. The quantitative estimate of drug-likeness (QED) is 0.438. The maximum absolute atomic E-state index is 16.5. The van der Waals surface area contributed by atoms with Crippen molar-refractivity contribution in [2.45, 2.75) is 60.6 Å². The summed E-state index contributed by atoms with van der Waals surface area (Å²) in [7, 11) is -4.02. The average molecular weight is 516 g/mol. The molecule has 1 aliphatic carbocycles. The van der Waals surface area contributed by atoms with Crippen molar-refractivity contribution >= 4 is 33.2 Å². The minimum atomic E-state index is -4.81. The van der Waals surface area contributed by atoms with E-state index in [-0.39, 0.29) is 28.6 Å². The highest BCUT2D eigenvalue weighted by Crippen LogP contribution is 2.58. The van der Waals surface area contributed by atoms with Crippen LogP contribution in [0.4, 0.5) is 17.6 Å². The Kier molecular flexibility index (Phi) is 6.43. The Morgan fingerprint density at radius 1 is 1.25 bits per heavy atom. The van der Waals surface area contributed by atoms with Crippen molar-refractivity contribution < 1.29 is 26.0 Å². The predicted octanol–water partition coefficient (Wildman–Crippen LogP) is 5.37. The lowest BCUT2D eigenvalue weighted by Gasteiger charge is -2.51. The molecule has 32 heavy (non-hydrogen) atoms. The van der Waals surface area contributed by atoms with Crippen LogP contribution in [0.15, 0.2) is 35.2 Å². The number of primary sulfonamides is 1. The molecule has 5 nitrogen and oxygen atoms in total. The highest BCUT2D eigenvalue weighted by atomic mass is 35.5. The topological polar surface area (TPSA) is 78.0 Å². The molecule has 0 radical (unpaired) electrons. The van der Waals surface area contributed by atoms with Crippen LogP contribution in [-0.2, 0) is 21.1 Å². The molecule has 1 aromatic heterocycles. The standard InChI is InChI=1S/C20H23Cl2F4N3O2S/c1-11(2)19(23)15(21)8-12(3)10-18(19,22)17-9-16(20(24,25)26)28-29(17)13-4-6-14(7-5-13)32(27,30)31/h4-7,9,11-12,15H,8,10H2,1-3H3,(H2,27,30,31). The average Bonchev–Trinajstić information content (AvgIpc) is 3.11. The summed E-state index contributed by atoms with van der Waals surface area (Å²) < 4.78 is 81.2. The third-order valence-corrected chi connectivity index (χ3v) is 8.02. The van der Waals surface area contributed by atoms with Gasteiger partial charge in [0, 0.05) is 0 Å². The zero-order chi connectivity index (χ0) is 24.3. The van der Waals surface area contributed by atoms with Gasteiger partial charge in [-0.05, 0) is 55.0 Å². The Bertz CT molecular complexity index is 1110. The molecule has 1 saturated carbocycles. The molecule has 0 saturated heterocycles. The van der Waals surface area contributed by atoms with Crippen LogP contribution in [0.3, 0.4) is 0 Å². The number of aromatic nitrogens is 2. The molecule has 0 spiro atoms. The molecular formula is C20H23Cl2F4N3O2S. The van der Waals surface area contributed by atoms with Crippen molar-refractivity contribution in [3.8, 4) is 5.69 Å². The minimum Gasteiger partial charge on any atom is -0.240 e. The van der Waals surface area contributed by atoms with Gasteiger partial charge in [0.25, 0.3) is 0 Å². The van der Waals surface area contributed by atoms with Gasteiger partial charge in [-0.25, -0.2) is 22.6 Å². The largest absolute Gasteiger partial charge is 0.435 e. The van der Waals surface area contributed by atoms with E-state index in [2.05, 4.69) is 5.10 Å². The summed E-state index contributed by atoms with van der Waals surface area (Å²) in [5, 5.41) is 7.71. The van der Waals surface area contributed by atoms with Gasteiger partial charge in [0.2, 0.25) is 10.0 Å². The first kappa shape index (κ1) is 25.3. The van der Waals surface area contributed by atoms with Gasteiger partial charge in [0.1, 0.15) is 4.87 Å². The number of hydrogen-bond donors (Lipinski definition) is 1. The molecule has 1 aliphatic rings. The Morgan fingerprint density at radius 3 is 2.28 bits per heavy atom.